The van der Waals surface area contributed by atoms with Gasteiger partial charge in [-0.05, 0) is 19.4 Å². The molecule has 3 rings (SSSR count). The lowest BCUT2D eigenvalue weighted by Gasteiger charge is -2.40. The number of urea groups is 1. The Hall–Kier alpha value is -2.02. The number of hydrogen-bond donors (Lipinski definition) is 2. The Morgan fingerprint density at radius 1 is 1.19 bits per heavy atom. The predicted molar refractivity (Wildman–Crippen MR) is 129 cm³/mol. The number of nitrogens with zero attached hydrogens (tertiary/aromatic N) is 4. The molecule has 2 aliphatic rings. The van der Waals surface area contributed by atoms with Crippen LogP contribution in [-0.4, -0.2) is 85.0 Å². The molecule has 2 heterocycles. The van der Waals surface area contributed by atoms with E-state index in [1.165, 1.54) is 17.0 Å². The molecule has 178 valence electrons. The smallest absolute Gasteiger partial charge is 0.324 e. The lowest BCUT2D eigenvalue weighted by atomic mass is 10.0. The molecule has 0 radical (unpaired) electrons. The van der Waals surface area contributed by atoms with Gasteiger partial charge in [0.1, 0.15) is 11.6 Å². The van der Waals surface area contributed by atoms with E-state index in [4.69, 9.17) is 0 Å². The molecule has 8 nitrogen and oxygen atoms in total. The largest absolute Gasteiger partial charge is 0.357 e. The number of piperazine rings is 1. The van der Waals surface area contributed by atoms with Gasteiger partial charge in [0.2, 0.25) is 5.91 Å². The van der Waals surface area contributed by atoms with E-state index in [1.807, 2.05) is 13.8 Å². The number of benzene rings is 1. The number of nitrogens with one attached hydrogen (secondary N) is 2. The molecule has 1 aromatic rings. The van der Waals surface area contributed by atoms with Crippen molar-refractivity contribution >= 4 is 41.9 Å². The summed E-state index contributed by atoms with van der Waals surface area (Å²) in [6.07, 6.45) is 0.725. The highest BCUT2D eigenvalue weighted by molar-refractivity contribution is 14.0. The number of halogens is 3. The van der Waals surface area contributed by atoms with Crippen LogP contribution < -0.4 is 10.6 Å². The molecule has 2 aliphatic heterocycles. The Morgan fingerprint density at radius 2 is 1.91 bits per heavy atom. The van der Waals surface area contributed by atoms with Gasteiger partial charge in [-0.2, -0.15) is 0 Å². The molecule has 2 fully saturated rings. The van der Waals surface area contributed by atoms with Crippen molar-refractivity contribution in [3.8, 4) is 0 Å². The van der Waals surface area contributed by atoms with Gasteiger partial charge in [-0.15, -0.1) is 24.0 Å². The lowest BCUT2D eigenvalue weighted by molar-refractivity contribution is -0.124. The SMILES string of the molecule is CCNC(=NCCN1C(=O)CNC1=O)N1CCN(C(CC)c2ccc(F)cc2F)CC1.I. The van der Waals surface area contributed by atoms with E-state index in [2.05, 4.69) is 25.4 Å². The van der Waals surface area contributed by atoms with E-state index in [-0.39, 0.29) is 55.0 Å². The minimum absolute atomic E-state index is 0. The van der Waals surface area contributed by atoms with Gasteiger partial charge in [-0.25, -0.2) is 13.6 Å². The Morgan fingerprint density at radius 3 is 2.47 bits per heavy atom. The van der Waals surface area contributed by atoms with Crippen LogP contribution in [-0.2, 0) is 4.79 Å². The number of amides is 3. The molecule has 2 N–H and O–H groups in total. The van der Waals surface area contributed by atoms with Crippen molar-refractivity contribution in [2.75, 3.05) is 52.4 Å². The molecular weight excluding hydrogens is 533 g/mol. The third kappa shape index (κ3) is 6.27. The van der Waals surface area contributed by atoms with E-state index in [9.17, 15) is 18.4 Å². The fourth-order valence-electron chi connectivity index (χ4n) is 4.06. The van der Waals surface area contributed by atoms with Crippen molar-refractivity contribution in [1.82, 2.24) is 25.3 Å². The van der Waals surface area contributed by atoms with Gasteiger partial charge in [0.25, 0.3) is 0 Å². The van der Waals surface area contributed by atoms with Crippen molar-refractivity contribution in [3.05, 3.63) is 35.4 Å². The van der Waals surface area contributed by atoms with Gasteiger partial charge in [0.05, 0.1) is 19.6 Å². The summed E-state index contributed by atoms with van der Waals surface area (Å²) in [5.74, 6) is -0.585. The lowest BCUT2D eigenvalue weighted by Crippen LogP contribution is -2.53. The second kappa shape index (κ2) is 12.3. The van der Waals surface area contributed by atoms with Crippen molar-refractivity contribution in [3.63, 3.8) is 0 Å². The molecule has 0 aliphatic carbocycles. The van der Waals surface area contributed by atoms with Crippen molar-refractivity contribution in [1.29, 1.82) is 0 Å². The predicted octanol–water partition coefficient (Wildman–Crippen LogP) is 2.17. The maximum Gasteiger partial charge on any atom is 0.324 e. The zero-order chi connectivity index (χ0) is 22.4. The molecule has 0 aromatic heterocycles. The Balaban J connectivity index is 0.00000363. The molecule has 0 bridgehead atoms. The third-order valence-electron chi connectivity index (χ3n) is 5.62. The maximum atomic E-state index is 14.3. The van der Waals surface area contributed by atoms with Gasteiger partial charge in [0.15, 0.2) is 5.96 Å². The molecular formula is C21H31F2IN6O2. The van der Waals surface area contributed by atoms with Gasteiger partial charge in [-0.1, -0.05) is 13.0 Å². The summed E-state index contributed by atoms with van der Waals surface area (Å²) >= 11 is 0. The summed E-state index contributed by atoms with van der Waals surface area (Å²) in [6.45, 7) is 8.11. The number of hydrogen-bond acceptors (Lipinski definition) is 4. The van der Waals surface area contributed by atoms with Crippen LogP contribution >= 0.6 is 24.0 Å². The second-order valence-electron chi connectivity index (χ2n) is 7.55. The van der Waals surface area contributed by atoms with Gasteiger partial charge in [0, 0.05) is 50.4 Å². The van der Waals surface area contributed by atoms with Crippen molar-refractivity contribution in [2.45, 2.75) is 26.3 Å². The van der Waals surface area contributed by atoms with Crippen molar-refractivity contribution in [2.24, 2.45) is 4.99 Å². The van der Waals surface area contributed by atoms with E-state index in [0.29, 0.717) is 44.8 Å². The molecule has 1 atom stereocenters. The van der Waals surface area contributed by atoms with E-state index in [1.54, 1.807) is 0 Å². The van der Waals surface area contributed by atoms with Crippen LogP contribution in [0.2, 0.25) is 0 Å². The van der Waals surface area contributed by atoms with Crippen LogP contribution in [0.4, 0.5) is 13.6 Å². The quantitative estimate of drug-likeness (QED) is 0.230. The molecule has 0 spiro atoms. The van der Waals surface area contributed by atoms with E-state index >= 15 is 0 Å². The topological polar surface area (TPSA) is 80.3 Å². The van der Waals surface area contributed by atoms with Crippen LogP contribution in [0.25, 0.3) is 0 Å². The highest BCUT2D eigenvalue weighted by Gasteiger charge is 2.29. The number of guanidine groups is 1. The second-order valence-corrected chi connectivity index (χ2v) is 7.55. The van der Waals surface area contributed by atoms with Gasteiger partial charge in [-0.3, -0.25) is 19.6 Å². The molecule has 0 saturated carbocycles. The van der Waals surface area contributed by atoms with Gasteiger partial charge < -0.3 is 15.5 Å². The number of imide groups is 1. The molecule has 11 heteroatoms. The number of rotatable bonds is 7. The van der Waals surface area contributed by atoms with Gasteiger partial charge >= 0.3 is 6.03 Å². The van der Waals surface area contributed by atoms with Crippen LogP contribution in [0.5, 0.6) is 0 Å². The van der Waals surface area contributed by atoms with Crippen molar-refractivity contribution < 1.29 is 18.4 Å². The minimum atomic E-state index is -0.569. The zero-order valence-electron chi connectivity index (χ0n) is 18.4. The highest BCUT2D eigenvalue weighted by Crippen LogP contribution is 2.28. The summed E-state index contributed by atoms with van der Waals surface area (Å²) in [7, 11) is 0. The summed E-state index contributed by atoms with van der Waals surface area (Å²) in [5, 5.41) is 5.75. The number of carbonyl (C=O) groups is 2. The van der Waals surface area contributed by atoms with Crippen LogP contribution in [0, 0.1) is 11.6 Å². The van der Waals surface area contributed by atoms with Crippen LogP contribution in [0.1, 0.15) is 31.9 Å². The van der Waals surface area contributed by atoms with Crippen LogP contribution in [0.15, 0.2) is 23.2 Å². The standard InChI is InChI=1S/C21H30F2N6O2.HI/c1-3-18(16-6-5-15(22)13-17(16)23)27-9-11-28(12-10-27)20(24-4-2)25-7-8-29-19(30)14-26-21(29)31;/h5-6,13,18H,3-4,7-12,14H2,1-2H3,(H,24,25)(H,26,31);1H. The van der Waals surface area contributed by atoms with E-state index < -0.39 is 11.6 Å². The number of aliphatic imine (C=N–C) groups is 1. The molecule has 32 heavy (non-hydrogen) atoms. The average molecular weight is 564 g/mol. The fraction of sp³-hybridized carbons (Fsp3) is 0.571. The first-order valence-electron chi connectivity index (χ1n) is 10.7. The first-order valence-corrected chi connectivity index (χ1v) is 10.7. The Kier molecular flexibility index (Phi) is 10.1. The molecule has 1 unspecified atom stereocenters. The Labute approximate surface area is 204 Å². The molecule has 2 saturated heterocycles. The first kappa shape index (κ1) is 26.2. The minimum Gasteiger partial charge on any atom is -0.357 e. The fourth-order valence-corrected chi connectivity index (χ4v) is 4.06. The third-order valence-corrected chi connectivity index (χ3v) is 5.62. The Bertz CT molecular complexity index is 817. The molecule has 3 amide bonds. The zero-order valence-corrected chi connectivity index (χ0v) is 20.8. The summed E-state index contributed by atoms with van der Waals surface area (Å²) < 4.78 is 27.6. The van der Waals surface area contributed by atoms with E-state index in [0.717, 1.165) is 18.4 Å². The monoisotopic (exact) mass is 564 g/mol. The summed E-state index contributed by atoms with van der Waals surface area (Å²) in [6, 6.07) is 3.29. The summed E-state index contributed by atoms with van der Waals surface area (Å²) in [4.78, 5) is 33.4. The van der Waals surface area contributed by atoms with Crippen LogP contribution in [0.3, 0.4) is 0 Å². The first-order chi connectivity index (χ1) is 14.9. The average Bonchev–Trinajstić information content (AvgIpc) is 3.07. The number of carbonyl (C=O) groups excluding carboxylic acids is 2. The molecule has 1 aromatic carbocycles. The normalized spacial score (nSPS) is 18.4. The maximum absolute atomic E-state index is 14.3. The summed E-state index contributed by atoms with van der Waals surface area (Å²) in [5.41, 5.74) is 0.520. The highest BCUT2D eigenvalue weighted by atomic mass is 127.